The third-order valence-corrected chi connectivity index (χ3v) is 7.48. The Balaban J connectivity index is 1.68. The summed E-state index contributed by atoms with van der Waals surface area (Å²) in [4.78, 5) is 54.9. The second-order valence-electron chi connectivity index (χ2n) is 10.2. The molecule has 0 aliphatic carbocycles. The number of aromatic nitrogens is 3. The molecule has 4 aromatic rings. The highest BCUT2D eigenvalue weighted by Crippen LogP contribution is 2.30. The van der Waals surface area contributed by atoms with Crippen LogP contribution >= 0.6 is 0 Å². The van der Waals surface area contributed by atoms with Crippen molar-refractivity contribution >= 4 is 28.5 Å². The molecule has 2 aromatic carbocycles. The number of carboxylic acid groups (broad SMARTS) is 1. The number of hydrogen-bond donors (Lipinski definition) is 3. The highest BCUT2D eigenvalue weighted by Gasteiger charge is 2.28. The fraction of sp³-hybridized carbons (Fsp3) is 0.300. The Bertz CT molecular complexity index is 1870. The zero-order chi connectivity index (χ0) is 32.5. The molecule has 4 rings (SSSR count). The minimum absolute atomic E-state index is 0.0318. The second-order valence-corrected chi connectivity index (χ2v) is 10.2. The fourth-order valence-electron chi connectivity index (χ4n) is 4.95. The minimum atomic E-state index is -2.80. The maximum atomic E-state index is 14.8. The number of aliphatic carboxylic acids is 1. The van der Waals surface area contributed by atoms with Gasteiger partial charge >= 0.3 is 11.7 Å². The van der Waals surface area contributed by atoms with Gasteiger partial charge in [-0.3, -0.25) is 19.1 Å². The van der Waals surface area contributed by atoms with Crippen LogP contribution in [-0.4, -0.2) is 49.6 Å². The molecule has 2 aromatic heterocycles. The van der Waals surface area contributed by atoms with E-state index in [1.807, 2.05) is 0 Å². The van der Waals surface area contributed by atoms with Crippen molar-refractivity contribution in [2.24, 2.45) is 14.1 Å². The Morgan fingerprint density at radius 1 is 1.05 bits per heavy atom. The molecule has 0 saturated heterocycles. The van der Waals surface area contributed by atoms with Crippen LogP contribution in [0.25, 0.3) is 22.0 Å². The standard InChI is InChI=1S/C30H29F4N5O5/c1-5-21(26(33)34)36-16-12-19(31)24(20(32)13-16)27(40)37-22(29(42)43)11-15-8-9-18(25-17(15)7-6-10-35-25)23-14(2)38(3)30(44)39(4)28(23)41/h6-10,12-13,21-22,26,36H,5,11H2,1-4H3,(H,37,40)(H,42,43)/t21-,22+/m1/s1. The van der Waals surface area contributed by atoms with Gasteiger partial charge in [0.25, 0.3) is 17.9 Å². The number of carbonyl (C=O) groups is 2. The van der Waals surface area contributed by atoms with Crippen molar-refractivity contribution in [3.05, 3.63) is 91.9 Å². The Labute approximate surface area is 248 Å². The zero-order valence-corrected chi connectivity index (χ0v) is 24.1. The SMILES string of the molecule is CC[C@@H](Nc1cc(F)c(C(=O)N[C@@H](Cc2ccc(-c3c(C)n(C)c(=O)n(C)c3=O)c3ncccc23)C(=O)O)c(F)c1)C(F)F. The van der Waals surface area contributed by atoms with Crippen molar-refractivity contribution in [1.82, 2.24) is 19.4 Å². The first-order valence-electron chi connectivity index (χ1n) is 13.5. The monoisotopic (exact) mass is 615 g/mol. The van der Waals surface area contributed by atoms with E-state index in [1.54, 1.807) is 31.2 Å². The largest absolute Gasteiger partial charge is 0.480 e. The molecule has 10 nitrogen and oxygen atoms in total. The Hall–Kier alpha value is -5.01. The van der Waals surface area contributed by atoms with Crippen molar-refractivity contribution in [2.75, 3.05) is 5.32 Å². The predicted octanol–water partition coefficient (Wildman–Crippen LogP) is 3.77. The molecule has 0 saturated carbocycles. The quantitative estimate of drug-likeness (QED) is 0.231. The molecule has 0 aliphatic rings. The minimum Gasteiger partial charge on any atom is -0.480 e. The van der Waals surface area contributed by atoms with Gasteiger partial charge in [-0.2, -0.15) is 0 Å². The van der Waals surface area contributed by atoms with Gasteiger partial charge in [0.2, 0.25) is 0 Å². The van der Waals surface area contributed by atoms with Crippen LogP contribution in [0.3, 0.4) is 0 Å². The van der Waals surface area contributed by atoms with E-state index < -0.39 is 58.8 Å². The Morgan fingerprint density at radius 3 is 2.30 bits per heavy atom. The van der Waals surface area contributed by atoms with Crippen LogP contribution < -0.4 is 21.9 Å². The molecule has 3 N–H and O–H groups in total. The molecule has 14 heteroatoms. The number of benzene rings is 2. The number of nitrogens with zero attached hydrogens (tertiary/aromatic N) is 3. The van der Waals surface area contributed by atoms with Gasteiger partial charge in [-0.15, -0.1) is 0 Å². The average molecular weight is 616 g/mol. The number of rotatable bonds is 10. The van der Waals surface area contributed by atoms with Crippen LogP contribution in [0.5, 0.6) is 0 Å². The van der Waals surface area contributed by atoms with Crippen LogP contribution in [0.1, 0.15) is 35.0 Å². The maximum Gasteiger partial charge on any atom is 0.330 e. The van der Waals surface area contributed by atoms with E-state index in [2.05, 4.69) is 15.6 Å². The number of amides is 1. The third-order valence-electron chi connectivity index (χ3n) is 7.48. The van der Waals surface area contributed by atoms with E-state index in [0.717, 1.165) is 4.57 Å². The number of halogens is 4. The third kappa shape index (κ3) is 6.05. The second kappa shape index (κ2) is 12.7. The highest BCUT2D eigenvalue weighted by atomic mass is 19.3. The van der Waals surface area contributed by atoms with Gasteiger partial charge in [0.05, 0.1) is 17.1 Å². The number of pyridine rings is 1. The Kier molecular flexibility index (Phi) is 9.21. The van der Waals surface area contributed by atoms with E-state index >= 15 is 0 Å². The molecule has 0 radical (unpaired) electrons. The first-order valence-corrected chi connectivity index (χ1v) is 13.5. The molecule has 2 atom stereocenters. The smallest absolute Gasteiger partial charge is 0.330 e. The van der Waals surface area contributed by atoms with Gasteiger partial charge in [-0.25, -0.2) is 27.2 Å². The summed E-state index contributed by atoms with van der Waals surface area (Å²) in [7, 11) is 2.87. The summed E-state index contributed by atoms with van der Waals surface area (Å²) in [6.07, 6.45) is -1.69. The maximum absolute atomic E-state index is 14.8. The van der Waals surface area contributed by atoms with Crippen molar-refractivity contribution in [3.63, 3.8) is 0 Å². The predicted molar refractivity (Wildman–Crippen MR) is 155 cm³/mol. The summed E-state index contributed by atoms with van der Waals surface area (Å²) < 4.78 is 58.1. The lowest BCUT2D eigenvalue weighted by atomic mass is 9.95. The van der Waals surface area contributed by atoms with Crippen LogP contribution in [-0.2, 0) is 25.3 Å². The molecule has 232 valence electrons. The topological polar surface area (TPSA) is 135 Å². The highest BCUT2D eigenvalue weighted by molar-refractivity contribution is 5.98. The number of hydrogen-bond acceptors (Lipinski definition) is 6. The van der Waals surface area contributed by atoms with Crippen molar-refractivity contribution < 1.29 is 32.3 Å². The van der Waals surface area contributed by atoms with E-state index in [-0.39, 0.29) is 24.1 Å². The molecule has 0 aliphatic heterocycles. The van der Waals surface area contributed by atoms with Crippen molar-refractivity contribution in [2.45, 2.75) is 45.2 Å². The molecule has 44 heavy (non-hydrogen) atoms. The van der Waals surface area contributed by atoms with Gasteiger partial charge in [0, 0.05) is 49.0 Å². The van der Waals surface area contributed by atoms with Gasteiger partial charge in [-0.05, 0) is 37.1 Å². The molecular formula is C30H29F4N5O5. The van der Waals surface area contributed by atoms with E-state index in [0.29, 0.717) is 39.9 Å². The number of carboxylic acids is 1. The molecule has 2 heterocycles. The fourth-order valence-corrected chi connectivity index (χ4v) is 4.95. The lowest BCUT2D eigenvalue weighted by Crippen LogP contribution is -2.43. The Morgan fingerprint density at radius 2 is 1.70 bits per heavy atom. The molecule has 0 spiro atoms. The number of nitrogens with one attached hydrogen (secondary N) is 2. The average Bonchev–Trinajstić information content (AvgIpc) is 2.97. The summed E-state index contributed by atoms with van der Waals surface area (Å²) in [6, 6.07) is 4.66. The zero-order valence-electron chi connectivity index (χ0n) is 24.1. The molecule has 0 unspecified atom stereocenters. The molecule has 0 fully saturated rings. The lowest BCUT2D eigenvalue weighted by Gasteiger charge is -2.19. The van der Waals surface area contributed by atoms with Crippen LogP contribution in [0.4, 0.5) is 23.2 Å². The summed E-state index contributed by atoms with van der Waals surface area (Å²) in [6.45, 7) is 3.07. The summed E-state index contributed by atoms with van der Waals surface area (Å²) in [5, 5.41) is 14.8. The summed E-state index contributed by atoms with van der Waals surface area (Å²) in [5.41, 5.74) is -0.725. The molecule has 1 amide bonds. The number of alkyl halides is 2. The molecular weight excluding hydrogens is 586 g/mol. The van der Waals surface area contributed by atoms with Crippen LogP contribution in [0, 0.1) is 18.6 Å². The first kappa shape index (κ1) is 31.9. The summed E-state index contributed by atoms with van der Waals surface area (Å²) in [5.74, 6) is -5.59. The van der Waals surface area contributed by atoms with Crippen LogP contribution in [0.2, 0.25) is 0 Å². The molecule has 0 bridgehead atoms. The first-order chi connectivity index (χ1) is 20.8. The van der Waals surface area contributed by atoms with Gasteiger partial charge in [0.15, 0.2) is 0 Å². The number of anilines is 1. The van der Waals surface area contributed by atoms with E-state index in [4.69, 9.17) is 0 Å². The van der Waals surface area contributed by atoms with Crippen molar-refractivity contribution in [1.29, 1.82) is 0 Å². The van der Waals surface area contributed by atoms with Gasteiger partial charge in [-0.1, -0.05) is 25.1 Å². The van der Waals surface area contributed by atoms with Gasteiger partial charge < -0.3 is 20.3 Å². The van der Waals surface area contributed by atoms with Gasteiger partial charge in [0.1, 0.15) is 23.2 Å². The lowest BCUT2D eigenvalue weighted by molar-refractivity contribution is -0.139. The number of carbonyl (C=O) groups excluding carboxylic acids is 1. The van der Waals surface area contributed by atoms with E-state index in [9.17, 15) is 41.8 Å². The van der Waals surface area contributed by atoms with Crippen LogP contribution in [0.15, 0.2) is 52.2 Å². The van der Waals surface area contributed by atoms with Crippen molar-refractivity contribution in [3.8, 4) is 11.1 Å². The van der Waals surface area contributed by atoms with E-state index in [1.165, 1.54) is 31.8 Å². The normalized spacial score (nSPS) is 12.8. The summed E-state index contributed by atoms with van der Waals surface area (Å²) >= 11 is 0. The number of fused-ring (bicyclic) bond motifs is 1.